The summed E-state index contributed by atoms with van der Waals surface area (Å²) < 4.78 is 59.8. The first-order valence-corrected chi connectivity index (χ1v) is 14.0. The summed E-state index contributed by atoms with van der Waals surface area (Å²) in [5.41, 5.74) is 5.58. The van der Waals surface area contributed by atoms with Gasteiger partial charge in [-0.3, -0.25) is 4.72 Å². The monoisotopic (exact) mass is 590 g/mol. The lowest BCUT2D eigenvalue weighted by Crippen LogP contribution is -2.30. The second kappa shape index (κ2) is 12.9. The van der Waals surface area contributed by atoms with Gasteiger partial charge in [0.2, 0.25) is 0 Å². The van der Waals surface area contributed by atoms with Crippen LogP contribution in [-0.2, 0) is 21.2 Å². The van der Waals surface area contributed by atoms with E-state index in [1.54, 1.807) is 36.4 Å². The molecule has 1 heterocycles. The van der Waals surface area contributed by atoms with Crippen LogP contribution < -0.4 is 9.62 Å². The van der Waals surface area contributed by atoms with Gasteiger partial charge in [0, 0.05) is 18.8 Å². The average Bonchev–Trinajstić information content (AvgIpc) is 2.93. The number of aromatic carboxylic acids is 1. The number of benzene rings is 3. The molecule has 12 heteroatoms. The molecule has 0 atom stereocenters. The SMILES string of the molecule is CCc1ccc(S(=O)(=O)Nc2ccc(N3CC=C(c4ccccc4C)CC3)c(C(=O)O)c2)cc1.O=C(O)C(F)(F)F. The zero-order valence-corrected chi connectivity index (χ0v) is 23.1. The summed E-state index contributed by atoms with van der Waals surface area (Å²) >= 11 is 0. The van der Waals surface area contributed by atoms with Crippen LogP contribution >= 0.6 is 0 Å². The standard InChI is InChI=1S/C27H28N2O4S.C2HF3O2/c1-3-20-8-11-23(12-9-20)34(32,33)28-22-10-13-26(25(18-22)27(30)31)29-16-14-21(15-17-29)24-7-5-4-6-19(24)2;3-2(4,5)1(6)7/h4-14,18,28H,3,15-17H2,1-2H3,(H,30,31);(H,6,7). The number of nitrogens with zero attached hydrogens (tertiary/aromatic N) is 1. The Morgan fingerprint density at radius 1 is 1.00 bits per heavy atom. The van der Waals surface area contributed by atoms with Crippen LogP contribution in [-0.4, -0.2) is 49.8 Å². The fourth-order valence-corrected chi connectivity index (χ4v) is 5.28. The van der Waals surface area contributed by atoms with Crippen LogP contribution in [0.1, 0.15) is 40.4 Å². The minimum absolute atomic E-state index is 0.0641. The number of anilines is 2. The van der Waals surface area contributed by atoms with Gasteiger partial charge in [0.05, 0.1) is 16.1 Å². The Bertz CT molecular complexity index is 1550. The van der Waals surface area contributed by atoms with Crippen LogP contribution in [0.2, 0.25) is 0 Å². The van der Waals surface area contributed by atoms with E-state index in [1.165, 1.54) is 22.8 Å². The van der Waals surface area contributed by atoms with Gasteiger partial charge in [-0.1, -0.05) is 49.4 Å². The first-order valence-electron chi connectivity index (χ1n) is 12.5. The predicted octanol–water partition coefficient (Wildman–Crippen LogP) is 5.98. The molecule has 0 spiro atoms. The summed E-state index contributed by atoms with van der Waals surface area (Å²) in [5.74, 6) is -3.86. The Hall–Kier alpha value is -4.32. The van der Waals surface area contributed by atoms with Gasteiger partial charge in [0.1, 0.15) is 0 Å². The molecular weight excluding hydrogens is 561 g/mol. The van der Waals surface area contributed by atoms with E-state index >= 15 is 0 Å². The first kappa shape index (κ1) is 31.2. The van der Waals surface area contributed by atoms with Gasteiger partial charge in [0.15, 0.2) is 0 Å². The molecule has 0 bridgehead atoms. The van der Waals surface area contributed by atoms with Gasteiger partial charge >= 0.3 is 18.1 Å². The molecule has 0 saturated heterocycles. The largest absolute Gasteiger partial charge is 0.490 e. The maximum atomic E-state index is 12.8. The fraction of sp³-hybridized carbons (Fsp3) is 0.241. The summed E-state index contributed by atoms with van der Waals surface area (Å²) in [6.45, 7) is 5.34. The van der Waals surface area contributed by atoms with Crippen LogP contribution in [0.4, 0.5) is 24.5 Å². The van der Waals surface area contributed by atoms with Crippen molar-refractivity contribution in [3.8, 4) is 0 Å². The number of carbonyl (C=O) groups is 2. The molecule has 8 nitrogen and oxygen atoms in total. The Morgan fingerprint density at radius 2 is 1.63 bits per heavy atom. The molecule has 0 aliphatic carbocycles. The lowest BCUT2D eigenvalue weighted by atomic mass is 9.95. The normalized spacial score (nSPS) is 13.5. The van der Waals surface area contributed by atoms with Crippen molar-refractivity contribution in [2.24, 2.45) is 0 Å². The lowest BCUT2D eigenvalue weighted by molar-refractivity contribution is -0.192. The number of halogens is 3. The van der Waals surface area contributed by atoms with Crippen molar-refractivity contribution in [1.82, 2.24) is 0 Å². The van der Waals surface area contributed by atoms with Crippen molar-refractivity contribution in [1.29, 1.82) is 0 Å². The maximum absolute atomic E-state index is 12.8. The minimum atomic E-state index is -5.08. The molecule has 3 aromatic rings. The van der Waals surface area contributed by atoms with Crippen molar-refractivity contribution < 1.29 is 41.4 Å². The number of nitrogens with one attached hydrogen (secondary N) is 1. The third-order valence-electron chi connectivity index (χ3n) is 6.40. The summed E-state index contributed by atoms with van der Waals surface area (Å²) in [7, 11) is -3.83. The molecule has 0 radical (unpaired) electrons. The van der Waals surface area contributed by atoms with E-state index in [4.69, 9.17) is 9.90 Å². The van der Waals surface area contributed by atoms with Crippen LogP contribution in [0.15, 0.2) is 77.7 Å². The zero-order chi connectivity index (χ0) is 30.4. The van der Waals surface area contributed by atoms with Crippen molar-refractivity contribution in [3.05, 3.63) is 95.1 Å². The number of hydrogen-bond acceptors (Lipinski definition) is 5. The zero-order valence-electron chi connectivity index (χ0n) is 22.3. The number of alkyl halides is 3. The van der Waals surface area contributed by atoms with E-state index < -0.39 is 28.1 Å². The van der Waals surface area contributed by atoms with Crippen LogP contribution in [0.5, 0.6) is 0 Å². The summed E-state index contributed by atoms with van der Waals surface area (Å²) in [5, 5.41) is 17.0. The molecule has 0 saturated carbocycles. The van der Waals surface area contributed by atoms with Crippen molar-refractivity contribution in [2.75, 3.05) is 22.7 Å². The molecule has 3 N–H and O–H groups in total. The predicted molar refractivity (Wildman–Crippen MR) is 150 cm³/mol. The van der Waals surface area contributed by atoms with E-state index in [-0.39, 0.29) is 16.1 Å². The Kier molecular flexibility index (Phi) is 9.82. The Morgan fingerprint density at radius 3 is 2.15 bits per heavy atom. The number of sulfonamides is 1. The molecule has 1 aliphatic rings. The molecule has 0 unspecified atom stereocenters. The lowest BCUT2D eigenvalue weighted by Gasteiger charge is -2.30. The Labute approximate surface area is 235 Å². The van der Waals surface area contributed by atoms with Gasteiger partial charge in [-0.15, -0.1) is 0 Å². The van der Waals surface area contributed by atoms with Crippen LogP contribution in [0, 0.1) is 6.92 Å². The number of rotatable bonds is 7. The van der Waals surface area contributed by atoms with E-state index in [9.17, 15) is 31.5 Å². The minimum Gasteiger partial charge on any atom is -0.478 e. The molecule has 0 aromatic heterocycles. The van der Waals surface area contributed by atoms with E-state index in [0.717, 1.165) is 18.4 Å². The molecule has 4 rings (SSSR count). The first-order chi connectivity index (χ1) is 19.2. The van der Waals surface area contributed by atoms with E-state index in [1.807, 2.05) is 24.0 Å². The molecular formula is C29H29F3N2O6S. The summed E-state index contributed by atoms with van der Waals surface area (Å²) in [6.07, 6.45) is -1.34. The molecule has 3 aromatic carbocycles. The second-order valence-corrected chi connectivity index (χ2v) is 10.9. The van der Waals surface area contributed by atoms with Crippen LogP contribution in [0.3, 0.4) is 0 Å². The molecule has 0 fully saturated rings. The van der Waals surface area contributed by atoms with Gasteiger partial charge < -0.3 is 15.1 Å². The average molecular weight is 591 g/mol. The van der Waals surface area contributed by atoms with Gasteiger partial charge in [-0.25, -0.2) is 18.0 Å². The molecule has 1 aliphatic heterocycles. The number of carboxylic acids is 2. The Balaban J connectivity index is 0.000000587. The topological polar surface area (TPSA) is 124 Å². The van der Waals surface area contributed by atoms with Crippen molar-refractivity contribution in [2.45, 2.75) is 37.8 Å². The van der Waals surface area contributed by atoms with Crippen LogP contribution in [0.25, 0.3) is 5.57 Å². The quantitative estimate of drug-likeness (QED) is 0.309. The maximum Gasteiger partial charge on any atom is 0.490 e. The smallest absolute Gasteiger partial charge is 0.478 e. The number of aryl methyl sites for hydroxylation is 2. The highest BCUT2D eigenvalue weighted by atomic mass is 32.2. The van der Waals surface area contributed by atoms with Crippen molar-refractivity contribution in [3.63, 3.8) is 0 Å². The van der Waals surface area contributed by atoms with Gasteiger partial charge in [0.25, 0.3) is 10.0 Å². The summed E-state index contributed by atoms with van der Waals surface area (Å²) in [4.78, 5) is 23.1. The number of aliphatic carboxylic acids is 1. The molecule has 218 valence electrons. The molecule has 41 heavy (non-hydrogen) atoms. The van der Waals surface area contributed by atoms with Crippen molar-refractivity contribution >= 4 is 38.9 Å². The number of hydrogen-bond donors (Lipinski definition) is 3. The van der Waals surface area contributed by atoms with Gasteiger partial charge in [-0.05, 0) is 72.4 Å². The third kappa shape index (κ3) is 8.10. The number of carboxylic acid groups (broad SMARTS) is 2. The van der Waals surface area contributed by atoms with E-state index in [2.05, 4.69) is 29.9 Å². The fourth-order valence-electron chi connectivity index (χ4n) is 4.23. The highest BCUT2D eigenvalue weighted by Gasteiger charge is 2.38. The molecule has 0 amide bonds. The van der Waals surface area contributed by atoms with Gasteiger partial charge in [-0.2, -0.15) is 13.2 Å². The van der Waals surface area contributed by atoms with E-state index in [0.29, 0.717) is 18.8 Å². The highest BCUT2D eigenvalue weighted by Crippen LogP contribution is 2.31. The summed E-state index contributed by atoms with van der Waals surface area (Å²) in [6, 6.07) is 19.6. The second-order valence-electron chi connectivity index (χ2n) is 9.18. The third-order valence-corrected chi connectivity index (χ3v) is 7.80. The highest BCUT2D eigenvalue weighted by molar-refractivity contribution is 7.92.